The molecule has 0 unspecified atom stereocenters. The number of hydrogen-bond acceptors (Lipinski definition) is 7. The van der Waals surface area contributed by atoms with Crippen LogP contribution >= 0.6 is 0 Å². The normalized spacial score (nSPS) is 10.5. The molecule has 0 radical (unpaired) electrons. The van der Waals surface area contributed by atoms with Crippen LogP contribution < -0.4 is 10.9 Å². The van der Waals surface area contributed by atoms with Crippen molar-refractivity contribution >= 4 is 34.0 Å². The number of methoxy groups -OCH3 is 1. The van der Waals surface area contributed by atoms with Crippen LogP contribution in [0.1, 0.15) is 26.5 Å². The van der Waals surface area contributed by atoms with Gasteiger partial charge in [0.2, 0.25) is 0 Å². The lowest BCUT2D eigenvalue weighted by Crippen LogP contribution is -2.16. The van der Waals surface area contributed by atoms with Crippen molar-refractivity contribution in [2.45, 2.75) is 6.92 Å². The molecule has 9 nitrogen and oxygen atoms in total. The van der Waals surface area contributed by atoms with Crippen molar-refractivity contribution in [1.82, 2.24) is 0 Å². The average Bonchev–Trinajstić information content (AvgIpc) is 2.68. The number of nitro benzene ring substituents is 1. The van der Waals surface area contributed by atoms with Gasteiger partial charge in [-0.1, -0.05) is 6.07 Å². The minimum absolute atomic E-state index is 0.117. The van der Waals surface area contributed by atoms with E-state index >= 15 is 0 Å². The van der Waals surface area contributed by atoms with E-state index in [1.807, 2.05) is 0 Å². The number of rotatable bonds is 4. The van der Waals surface area contributed by atoms with Gasteiger partial charge in [-0.05, 0) is 42.1 Å². The van der Waals surface area contributed by atoms with Crippen molar-refractivity contribution in [3.8, 4) is 0 Å². The summed E-state index contributed by atoms with van der Waals surface area (Å²) in [6, 6.07) is 9.49. The fraction of sp³-hybridized carbons (Fsp3) is 0.105. The van der Waals surface area contributed by atoms with Gasteiger partial charge < -0.3 is 14.5 Å². The number of nitrogens with zero attached hydrogens (tertiary/aromatic N) is 1. The molecule has 1 heterocycles. The van der Waals surface area contributed by atoms with Gasteiger partial charge in [0.05, 0.1) is 23.0 Å². The van der Waals surface area contributed by atoms with Crippen molar-refractivity contribution in [1.29, 1.82) is 0 Å². The van der Waals surface area contributed by atoms with Crippen LogP contribution in [0.4, 0.5) is 11.4 Å². The SMILES string of the molecule is COC(=O)c1ccc(C)c(NC(=O)c2cc3cc([N+](=O)[O-])ccc3c(=O)o2)c1. The van der Waals surface area contributed by atoms with Gasteiger partial charge in [0, 0.05) is 17.8 Å². The molecule has 3 rings (SSSR count). The third-order valence-corrected chi connectivity index (χ3v) is 4.09. The maximum atomic E-state index is 12.5. The summed E-state index contributed by atoms with van der Waals surface area (Å²) < 4.78 is 9.68. The predicted octanol–water partition coefficient (Wildman–Crippen LogP) is 3.05. The van der Waals surface area contributed by atoms with Gasteiger partial charge in [-0.2, -0.15) is 0 Å². The van der Waals surface area contributed by atoms with Gasteiger partial charge in [0.1, 0.15) is 0 Å². The molecule has 0 saturated carbocycles. The Bertz CT molecular complexity index is 1180. The van der Waals surface area contributed by atoms with Crippen molar-refractivity contribution in [3.05, 3.63) is 79.9 Å². The van der Waals surface area contributed by atoms with E-state index in [0.29, 0.717) is 11.3 Å². The van der Waals surface area contributed by atoms with Crippen molar-refractivity contribution in [3.63, 3.8) is 0 Å². The Balaban J connectivity index is 1.99. The van der Waals surface area contributed by atoms with Crippen LogP contribution in [0.2, 0.25) is 0 Å². The van der Waals surface area contributed by atoms with Crippen LogP contribution in [-0.4, -0.2) is 23.9 Å². The number of hydrogen-bond donors (Lipinski definition) is 1. The summed E-state index contributed by atoms with van der Waals surface area (Å²) in [7, 11) is 1.24. The van der Waals surface area contributed by atoms with Crippen LogP contribution in [0, 0.1) is 17.0 Å². The van der Waals surface area contributed by atoms with Crippen LogP contribution in [0.5, 0.6) is 0 Å². The molecule has 142 valence electrons. The Morgan fingerprint density at radius 1 is 1.14 bits per heavy atom. The number of non-ortho nitro benzene ring substituents is 1. The van der Waals surface area contributed by atoms with Crippen LogP contribution in [0.25, 0.3) is 10.8 Å². The lowest BCUT2D eigenvalue weighted by atomic mass is 10.1. The fourth-order valence-corrected chi connectivity index (χ4v) is 2.59. The molecule has 1 amide bonds. The summed E-state index contributed by atoms with van der Waals surface area (Å²) in [5, 5.41) is 13.8. The average molecular weight is 382 g/mol. The summed E-state index contributed by atoms with van der Waals surface area (Å²) in [6.07, 6.45) is 0. The van der Waals surface area contributed by atoms with Gasteiger partial charge in [0.25, 0.3) is 11.6 Å². The maximum Gasteiger partial charge on any atom is 0.344 e. The second-order valence-electron chi connectivity index (χ2n) is 5.90. The summed E-state index contributed by atoms with van der Waals surface area (Å²) in [5.74, 6) is -1.63. The van der Waals surface area contributed by atoms with Gasteiger partial charge >= 0.3 is 11.6 Å². The largest absolute Gasteiger partial charge is 0.465 e. The molecule has 0 aliphatic heterocycles. The second-order valence-corrected chi connectivity index (χ2v) is 5.90. The Kier molecular flexibility index (Phi) is 4.90. The first-order valence-electron chi connectivity index (χ1n) is 8.03. The Labute approximate surface area is 157 Å². The fourth-order valence-electron chi connectivity index (χ4n) is 2.59. The number of amides is 1. The van der Waals surface area contributed by atoms with E-state index in [0.717, 1.165) is 0 Å². The third kappa shape index (κ3) is 3.58. The molecule has 2 aromatic carbocycles. The molecule has 0 spiro atoms. The Hall–Kier alpha value is -4.01. The molecule has 28 heavy (non-hydrogen) atoms. The molecule has 0 aliphatic carbocycles. The van der Waals surface area contributed by atoms with Crippen LogP contribution in [0.3, 0.4) is 0 Å². The number of carbonyl (C=O) groups is 2. The molecule has 0 saturated heterocycles. The molecule has 1 aromatic heterocycles. The summed E-state index contributed by atoms with van der Waals surface area (Å²) in [6.45, 7) is 1.72. The first kappa shape index (κ1) is 18.8. The molecule has 9 heteroatoms. The molecular formula is C19H14N2O7. The van der Waals surface area contributed by atoms with E-state index in [9.17, 15) is 24.5 Å². The lowest BCUT2D eigenvalue weighted by molar-refractivity contribution is -0.384. The van der Waals surface area contributed by atoms with Gasteiger partial charge in [-0.25, -0.2) is 9.59 Å². The zero-order chi connectivity index (χ0) is 20.4. The number of anilines is 1. The number of esters is 1. The Morgan fingerprint density at radius 3 is 2.57 bits per heavy atom. The van der Waals surface area contributed by atoms with E-state index in [2.05, 4.69) is 10.1 Å². The molecule has 1 N–H and O–H groups in total. The van der Waals surface area contributed by atoms with Crippen molar-refractivity contribution < 1.29 is 23.7 Å². The predicted molar refractivity (Wildman–Crippen MR) is 99.6 cm³/mol. The highest BCUT2D eigenvalue weighted by atomic mass is 16.6. The molecular weight excluding hydrogens is 368 g/mol. The van der Waals surface area contributed by atoms with E-state index in [1.165, 1.54) is 37.4 Å². The van der Waals surface area contributed by atoms with E-state index < -0.39 is 22.4 Å². The van der Waals surface area contributed by atoms with Gasteiger partial charge in [0.15, 0.2) is 5.76 Å². The monoisotopic (exact) mass is 382 g/mol. The molecule has 0 bridgehead atoms. The van der Waals surface area contributed by atoms with Crippen LogP contribution in [-0.2, 0) is 4.74 Å². The summed E-state index contributed by atoms with van der Waals surface area (Å²) in [4.78, 5) is 46.6. The zero-order valence-electron chi connectivity index (χ0n) is 14.8. The van der Waals surface area contributed by atoms with E-state index in [1.54, 1.807) is 19.1 Å². The lowest BCUT2D eigenvalue weighted by Gasteiger charge is -2.10. The highest BCUT2D eigenvalue weighted by Gasteiger charge is 2.17. The molecule has 0 aliphatic rings. The number of ether oxygens (including phenoxy) is 1. The molecule has 0 fully saturated rings. The molecule has 3 aromatic rings. The highest BCUT2D eigenvalue weighted by molar-refractivity contribution is 6.05. The van der Waals surface area contributed by atoms with Crippen molar-refractivity contribution in [2.75, 3.05) is 12.4 Å². The number of fused-ring (bicyclic) bond motifs is 1. The maximum absolute atomic E-state index is 12.5. The quantitative estimate of drug-likeness (QED) is 0.417. The standard InChI is InChI=1S/C19H14N2O7/c1-10-3-4-11(18(23)27-2)8-15(10)20-17(22)16-9-12-7-13(21(25)26)5-6-14(12)19(24)28-16/h3-9H,1-2H3,(H,20,22). The number of nitro groups is 1. The highest BCUT2D eigenvalue weighted by Crippen LogP contribution is 2.22. The zero-order valence-corrected chi connectivity index (χ0v) is 14.8. The Morgan fingerprint density at radius 2 is 1.89 bits per heavy atom. The van der Waals surface area contributed by atoms with Gasteiger partial charge in [-0.3, -0.25) is 14.9 Å². The van der Waals surface area contributed by atoms with Crippen molar-refractivity contribution in [2.24, 2.45) is 0 Å². The summed E-state index contributed by atoms with van der Waals surface area (Å²) >= 11 is 0. The third-order valence-electron chi connectivity index (χ3n) is 4.09. The number of aryl methyl sites for hydroxylation is 1. The number of carbonyl (C=O) groups excluding carboxylic acids is 2. The summed E-state index contributed by atoms with van der Waals surface area (Å²) in [5.41, 5.74) is 0.220. The minimum atomic E-state index is -0.794. The first-order valence-corrected chi connectivity index (χ1v) is 8.03. The second kappa shape index (κ2) is 7.31. The molecule has 0 atom stereocenters. The van der Waals surface area contributed by atoms with Crippen LogP contribution in [0.15, 0.2) is 51.7 Å². The van der Waals surface area contributed by atoms with E-state index in [-0.39, 0.29) is 27.8 Å². The number of benzene rings is 2. The topological polar surface area (TPSA) is 129 Å². The van der Waals surface area contributed by atoms with E-state index in [4.69, 9.17) is 4.42 Å². The minimum Gasteiger partial charge on any atom is -0.465 e. The smallest absolute Gasteiger partial charge is 0.344 e. The number of nitrogens with one attached hydrogen (secondary N) is 1. The van der Waals surface area contributed by atoms with Gasteiger partial charge in [-0.15, -0.1) is 0 Å². The first-order chi connectivity index (χ1) is 13.3.